The van der Waals surface area contributed by atoms with E-state index in [1.165, 1.54) is 64.5 Å². The van der Waals surface area contributed by atoms with Crippen molar-refractivity contribution in [2.24, 2.45) is 11.3 Å². The van der Waals surface area contributed by atoms with Crippen molar-refractivity contribution in [3.63, 3.8) is 0 Å². The molecular formula is C15H31N. The Bertz CT molecular complexity index is 170. The summed E-state index contributed by atoms with van der Waals surface area (Å²) in [5.74, 6) is 1.05. The standard InChI is InChI=1S/C13H25N.C2H6/c1-2-12-4-3-6-13(7-5-12)8-10-14-11-9-13;1-2/h12,14H,2-11H2,1H3;1-2H3. The molecule has 1 N–H and O–H groups in total. The lowest BCUT2D eigenvalue weighted by Crippen LogP contribution is -2.36. The molecule has 1 aliphatic heterocycles. The summed E-state index contributed by atoms with van der Waals surface area (Å²) in [6.07, 6.45) is 11.9. The Morgan fingerprint density at radius 2 is 1.69 bits per heavy atom. The molecule has 1 heterocycles. The van der Waals surface area contributed by atoms with Gasteiger partial charge >= 0.3 is 0 Å². The van der Waals surface area contributed by atoms with Crippen molar-refractivity contribution in [3.05, 3.63) is 0 Å². The van der Waals surface area contributed by atoms with Gasteiger partial charge in [0.25, 0.3) is 0 Å². The average Bonchev–Trinajstić information content (AvgIpc) is 2.56. The Hall–Kier alpha value is -0.0400. The van der Waals surface area contributed by atoms with E-state index in [1.807, 2.05) is 13.8 Å². The minimum Gasteiger partial charge on any atom is -0.317 e. The number of piperidine rings is 1. The van der Waals surface area contributed by atoms with Gasteiger partial charge in [0.2, 0.25) is 0 Å². The molecule has 1 aliphatic carbocycles. The maximum atomic E-state index is 3.50. The molecule has 0 aromatic carbocycles. The van der Waals surface area contributed by atoms with Gasteiger partial charge in [0, 0.05) is 0 Å². The second-order valence-corrected chi connectivity index (χ2v) is 5.46. The molecule has 2 fully saturated rings. The van der Waals surface area contributed by atoms with Crippen LogP contribution < -0.4 is 5.32 Å². The molecule has 16 heavy (non-hydrogen) atoms. The van der Waals surface area contributed by atoms with Gasteiger partial charge in [0.05, 0.1) is 0 Å². The fourth-order valence-electron chi connectivity index (χ4n) is 3.41. The predicted octanol–water partition coefficient (Wildman–Crippen LogP) is 4.37. The summed E-state index contributed by atoms with van der Waals surface area (Å²) in [7, 11) is 0. The van der Waals surface area contributed by atoms with E-state index in [1.54, 1.807) is 0 Å². The molecule has 2 aliphatic rings. The number of hydrogen-bond acceptors (Lipinski definition) is 1. The van der Waals surface area contributed by atoms with Crippen LogP contribution in [0.3, 0.4) is 0 Å². The van der Waals surface area contributed by atoms with Crippen LogP contribution in [0, 0.1) is 11.3 Å². The van der Waals surface area contributed by atoms with E-state index >= 15 is 0 Å². The van der Waals surface area contributed by atoms with Gasteiger partial charge in [-0.1, -0.05) is 40.0 Å². The molecule has 1 spiro atoms. The first-order chi connectivity index (χ1) is 7.85. The first kappa shape index (κ1) is 14.0. The largest absolute Gasteiger partial charge is 0.317 e. The molecule has 0 amide bonds. The zero-order valence-corrected chi connectivity index (χ0v) is 11.6. The van der Waals surface area contributed by atoms with Gasteiger partial charge in [0.15, 0.2) is 0 Å². The molecule has 1 unspecified atom stereocenters. The van der Waals surface area contributed by atoms with Gasteiger partial charge in [-0.05, 0) is 56.5 Å². The fraction of sp³-hybridized carbons (Fsp3) is 1.00. The highest BCUT2D eigenvalue weighted by Gasteiger charge is 2.33. The van der Waals surface area contributed by atoms with E-state index in [9.17, 15) is 0 Å². The first-order valence-corrected chi connectivity index (χ1v) is 7.55. The van der Waals surface area contributed by atoms with Crippen molar-refractivity contribution in [2.45, 2.75) is 72.1 Å². The highest BCUT2D eigenvalue weighted by Crippen LogP contribution is 2.43. The minimum atomic E-state index is 0.759. The summed E-state index contributed by atoms with van der Waals surface area (Å²) in [6.45, 7) is 8.92. The molecule has 96 valence electrons. The lowest BCUT2D eigenvalue weighted by atomic mass is 9.73. The average molecular weight is 225 g/mol. The van der Waals surface area contributed by atoms with Crippen LogP contribution in [0.15, 0.2) is 0 Å². The Morgan fingerprint density at radius 3 is 2.31 bits per heavy atom. The summed E-state index contributed by atoms with van der Waals surface area (Å²) in [6, 6.07) is 0. The van der Waals surface area contributed by atoms with E-state index in [2.05, 4.69) is 12.2 Å². The topological polar surface area (TPSA) is 12.0 Å². The highest BCUT2D eigenvalue weighted by atomic mass is 14.9. The second-order valence-electron chi connectivity index (χ2n) is 5.46. The quantitative estimate of drug-likeness (QED) is 0.698. The molecule has 0 bridgehead atoms. The van der Waals surface area contributed by atoms with Gasteiger partial charge in [0.1, 0.15) is 0 Å². The van der Waals surface area contributed by atoms with E-state index in [0.717, 1.165) is 11.3 Å². The number of hydrogen-bond donors (Lipinski definition) is 1. The first-order valence-electron chi connectivity index (χ1n) is 7.55. The summed E-state index contributed by atoms with van der Waals surface area (Å²) < 4.78 is 0. The van der Waals surface area contributed by atoms with Gasteiger partial charge in [-0.2, -0.15) is 0 Å². The van der Waals surface area contributed by atoms with Crippen molar-refractivity contribution >= 4 is 0 Å². The Morgan fingerprint density at radius 1 is 1.00 bits per heavy atom. The van der Waals surface area contributed by atoms with Crippen LogP contribution >= 0.6 is 0 Å². The molecular weight excluding hydrogens is 194 g/mol. The molecule has 1 atom stereocenters. The lowest BCUT2D eigenvalue weighted by molar-refractivity contribution is 0.169. The summed E-state index contributed by atoms with van der Waals surface area (Å²) in [4.78, 5) is 0. The smallest absolute Gasteiger partial charge is 0.00436 e. The van der Waals surface area contributed by atoms with Crippen LogP contribution in [0.2, 0.25) is 0 Å². The SMILES string of the molecule is CC.CCC1CCCC2(CCNCC2)CC1. The zero-order valence-electron chi connectivity index (χ0n) is 11.6. The van der Waals surface area contributed by atoms with Crippen molar-refractivity contribution in [2.75, 3.05) is 13.1 Å². The molecule has 1 saturated heterocycles. The van der Waals surface area contributed by atoms with E-state index in [4.69, 9.17) is 0 Å². The third kappa shape index (κ3) is 3.76. The van der Waals surface area contributed by atoms with Crippen LogP contribution in [0.25, 0.3) is 0 Å². The van der Waals surface area contributed by atoms with E-state index in [0.29, 0.717) is 0 Å². The van der Waals surface area contributed by atoms with Crippen molar-refractivity contribution in [1.82, 2.24) is 5.32 Å². The van der Waals surface area contributed by atoms with Gasteiger partial charge < -0.3 is 5.32 Å². The van der Waals surface area contributed by atoms with Crippen LogP contribution in [-0.2, 0) is 0 Å². The van der Waals surface area contributed by atoms with E-state index < -0.39 is 0 Å². The fourth-order valence-corrected chi connectivity index (χ4v) is 3.41. The van der Waals surface area contributed by atoms with Crippen LogP contribution in [0.4, 0.5) is 0 Å². The van der Waals surface area contributed by atoms with Crippen molar-refractivity contribution in [3.8, 4) is 0 Å². The van der Waals surface area contributed by atoms with E-state index in [-0.39, 0.29) is 0 Å². The normalized spacial score (nSPS) is 29.1. The summed E-state index contributed by atoms with van der Waals surface area (Å²) in [5, 5.41) is 3.50. The molecule has 0 radical (unpaired) electrons. The Labute approximate surface area is 102 Å². The van der Waals surface area contributed by atoms with Crippen molar-refractivity contribution in [1.29, 1.82) is 0 Å². The molecule has 1 heteroatoms. The minimum absolute atomic E-state index is 0.759. The maximum absolute atomic E-state index is 3.50. The molecule has 0 aromatic rings. The summed E-state index contributed by atoms with van der Waals surface area (Å²) >= 11 is 0. The highest BCUT2D eigenvalue weighted by molar-refractivity contribution is 4.87. The molecule has 2 rings (SSSR count). The zero-order chi connectivity index (χ0) is 11.9. The molecule has 0 aromatic heterocycles. The maximum Gasteiger partial charge on any atom is -0.00436 e. The molecule has 1 saturated carbocycles. The number of rotatable bonds is 1. The number of nitrogens with one attached hydrogen (secondary N) is 1. The third-order valence-electron chi connectivity index (χ3n) is 4.64. The monoisotopic (exact) mass is 225 g/mol. The van der Waals surface area contributed by atoms with Crippen molar-refractivity contribution < 1.29 is 0 Å². The Balaban J connectivity index is 0.000000606. The summed E-state index contributed by atoms with van der Waals surface area (Å²) in [5.41, 5.74) is 0.759. The van der Waals surface area contributed by atoms with Crippen LogP contribution in [0.5, 0.6) is 0 Å². The van der Waals surface area contributed by atoms with Gasteiger partial charge in [-0.15, -0.1) is 0 Å². The van der Waals surface area contributed by atoms with Crippen LogP contribution in [0.1, 0.15) is 72.1 Å². The second kappa shape index (κ2) is 7.32. The van der Waals surface area contributed by atoms with Gasteiger partial charge in [-0.3, -0.25) is 0 Å². The molecule has 1 nitrogen and oxygen atoms in total. The Kier molecular flexibility index (Phi) is 6.41. The van der Waals surface area contributed by atoms with Crippen LogP contribution in [-0.4, -0.2) is 13.1 Å². The predicted molar refractivity (Wildman–Crippen MR) is 72.8 cm³/mol. The van der Waals surface area contributed by atoms with Gasteiger partial charge in [-0.25, -0.2) is 0 Å². The lowest BCUT2D eigenvalue weighted by Gasteiger charge is -2.37. The third-order valence-corrected chi connectivity index (χ3v) is 4.64.